The van der Waals surface area contributed by atoms with Gasteiger partial charge in [0, 0.05) is 18.0 Å². The first-order chi connectivity index (χ1) is 14.5. The third-order valence-electron chi connectivity index (χ3n) is 4.06. The topological polar surface area (TPSA) is 141 Å². The van der Waals surface area contributed by atoms with Crippen molar-refractivity contribution in [1.29, 1.82) is 0 Å². The number of carbonyl (C=O) groups is 2. The maximum absolute atomic E-state index is 12.7. The largest absolute Gasteiger partial charge is 0.469 e. The molecule has 0 spiro atoms. The highest BCUT2D eigenvalue weighted by molar-refractivity contribution is 7.98. The van der Waals surface area contributed by atoms with E-state index in [0.29, 0.717) is 27.3 Å². The van der Waals surface area contributed by atoms with E-state index >= 15 is 0 Å². The first-order valence-corrected chi connectivity index (χ1v) is 10.3. The summed E-state index contributed by atoms with van der Waals surface area (Å²) in [5.41, 5.74) is -0.208. The number of hydrogen-bond donors (Lipinski definition) is 1. The highest BCUT2D eigenvalue weighted by atomic mass is 32.2. The average Bonchev–Trinajstić information content (AvgIpc) is 3.33. The number of aromatic nitrogens is 6. The number of nitrogens with zero attached hydrogens (tertiary/aromatic N) is 5. The number of methoxy groups -OCH3 is 2. The van der Waals surface area contributed by atoms with Gasteiger partial charge in [-0.2, -0.15) is 4.98 Å². The molecule has 0 radical (unpaired) electrons. The van der Waals surface area contributed by atoms with Crippen LogP contribution in [0.4, 0.5) is 0 Å². The van der Waals surface area contributed by atoms with Gasteiger partial charge in [-0.05, 0) is 6.07 Å². The van der Waals surface area contributed by atoms with Gasteiger partial charge in [0.1, 0.15) is 15.5 Å². The normalized spacial score (nSPS) is 11.1. The molecule has 0 bridgehead atoms. The zero-order chi connectivity index (χ0) is 21.3. The van der Waals surface area contributed by atoms with Gasteiger partial charge < -0.3 is 14.5 Å². The Bertz CT molecular complexity index is 1290. The average molecular weight is 446 g/mol. The minimum atomic E-state index is -0.645. The summed E-state index contributed by atoms with van der Waals surface area (Å²) in [5, 5.41) is 4.94. The lowest BCUT2D eigenvalue weighted by Gasteiger charge is -2.02. The Labute approximate surface area is 176 Å². The van der Waals surface area contributed by atoms with Gasteiger partial charge in [-0.25, -0.2) is 19.3 Å². The van der Waals surface area contributed by atoms with E-state index in [-0.39, 0.29) is 22.2 Å². The number of esters is 2. The zero-order valence-corrected chi connectivity index (χ0v) is 17.4. The summed E-state index contributed by atoms with van der Waals surface area (Å²) in [6.07, 6.45) is 3.11. The van der Waals surface area contributed by atoms with E-state index in [9.17, 15) is 14.4 Å². The van der Waals surface area contributed by atoms with E-state index in [4.69, 9.17) is 4.74 Å². The standard InChI is InChI=1S/C17H14N6O5S2/c1-27-10(24)6-8-11-13(25)19-9(20-14(11)30-12(8)15(26)28-2)7-29-17-21-16-18-4-3-5-23(16)22-17/h3-5H,6-7H2,1-2H3,(H,19,20,25). The molecule has 0 atom stereocenters. The minimum absolute atomic E-state index is 0.147. The molecule has 0 aliphatic carbocycles. The number of nitrogens with one attached hydrogen (secondary N) is 1. The number of thioether (sulfide) groups is 1. The Kier molecular flexibility index (Phi) is 5.46. The van der Waals surface area contributed by atoms with Gasteiger partial charge in [-0.3, -0.25) is 9.59 Å². The molecule has 0 aliphatic heterocycles. The van der Waals surface area contributed by atoms with Crippen molar-refractivity contribution in [2.75, 3.05) is 14.2 Å². The maximum atomic E-state index is 12.7. The Hall–Kier alpha value is -3.32. The number of aromatic amines is 1. The summed E-state index contributed by atoms with van der Waals surface area (Å²) in [6, 6.07) is 1.74. The van der Waals surface area contributed by atoms with Crippen LogP contribution < -0.4 is 5.56 Å². The predicted molar refractivity (Wildman–Crippen MR) is 108 cm³/mol. The molecule has 4 heterocycles. The molecule has 4 aromatic heterocycles. The SMILES string of the molecule is COC(=O)Cc1c(C(=O)OC)sc2nc(CSc3nc4ncccn4n3)[nH]c(=O)c12. The van der Waals surface area contributed by atoms with Crippen LogP contribution in [-0.2, 0) is 26.4 Å². The molecule has 4 aromatic rings. The summed E-state index contributed by atoms with van der Waals surface area (Å²) in [7, 11) is 2.46. The number of rotatable bonds is 6. The van der Waals surface area contributed by atoms with Crippen molar-refractivity contribution in [1.82, 2.24) is 29.5 Å². The molecule has 0 aromatic carbocycles. The maximum Gasteiger partial charge on any atom is 0.348 e. The molecule has 154 valence electrons. The third-order valence-corrected chi connectivity index (χ3v) is 6.02. The molecule has 0 saturated carbocycles. The van der Waals surface area contributed by atoms with Crippen molar-refractivity contribution in [3.05, 3.63) is 45.1 Å². The zero-order valence-electron chi connectivity index (χ0n) is 15.7. The summed E-state index contributed by atoms with van der Waals surface area (Å²) >= 11 is 2.27. The Balaban J connectivity index is 1.67. The molecule has 1 N–H and O–H groups in total. The molecule has 30 heavy (non-hydrogen) atoms. The number of carbonyl (C=O) groups excluding carboxylic acids is 2. The molecule has 0 amide bonds. The predicted octanol–water partition coefficient (Wildman–Crippen LogP) is 1.22. The first kappa shape index (κ1) is 20.0. The van der Waals surface area contributed by atoms with E-state index in [1.165, 1.54) is 26.0 Å². The molecular weight excluding hydrogens is 432 g/mol. The Morgan fingerprint density at radius 2 is 2.10 bits per heavy atom. The van der Waals surface area contributed by atoms with Gasteiger partial charge in [-0.15, -0.1) is 16.4 Å². The lowest BCUT2D eigenvalue weighted by atomic mass is 10.1. The minimum Gasteiger partial charge on any atom is -0.469 e. The number of fused-ring (bicyclic) bond motifs is 2. The van der Waals surface area contributed by atoms with E-state index < -0.39 is 17.5 Å². The van der Waals surface area contributed by atoms with Crippen LogP contribution in [0.1, 0.15) is 21.1 Å². The molecule has 4 rings (SSSR count). The van der Waals surface area contributed by atoms with Gasteiger partial charge in [-0.1, -0.05) is 11.8 Å². The smallest absolute Gasteiger partial charge is 0.348 e. The van der Waals surface area contributed by atoms with Gasteiger partial charge in [0.2, 0.25) is 5.16 Å². The third kappa shape index (κ3) is 3.76. The molecule has 0 aliphatic rings. The molecule has 11 nitrogen and oxygen atoms in total. The van der Waals surface area contributed by atoms with E-state index in [0.717, 1.165) is 11.3 Å². The van der Waals surface area contributed by atoms with Crippen LogP contribution in [-0.4, -0.2) is 55.7 Å². The van der Waals surface area contributed by atoms with Gasteiger partial charge in [0.05, 0.1) is 31.8 Å². The second kappa shape index (κ2) is 8.20. The fraction of sp³-hybridized carbons (Fsp3) is 0.235. The summed E-state index contributed by atoms with van der Waals surface area (Å²) < 4.78 is 11.0. The van der Waals surface area contributed by atoms with E-state index in [1.807, 2.05) is 0 Å². The number of ether oxygens (including phenoxy) is 2. The quantitative estimate of drug-likeness (QED) is 0.339. The summed E-state index contributed by atoms with van der Waals surface area (Å²) in [6.45, 7) is 0. The second-order valence-electron chi connectivity index (χ2n) is 5.89. The van der Waals surface area contributed by atoms with Gasteiger partial charge in [0.15, 0.2) is 0 Å². The van der Waals surface area contributed by atoms with Crippen LogP contribution >= 0.6 is 23.1 Å². The molecule has 0 fully saturated rings. The van der Waals surface area contributed by atoms with Crippen LogP contribution in [0.3, 0.4) is 0 Å². The van der Waals surface area contributed by atoms with Crippen LogP contribution in [0.25, 0.3) is 16.0 Å². The van der Waals surface area contributed by atoms with Crippen molar-refractivity contribution < 1.29 is 19.1 Å². The first-order valence-electron chi connectivity index (χ1n) is 8.50. The van der Waals surface area contributed by atoms with Crippen LogP contribution in [0.5, 0.6) is 0 Å². The van der Waals surface area contributed by atoms with Crippen LogP contribution in [0.2, 0.25) is 0 Å². The summed E-state index contributed by atoms with van der Waals surface area (Å²) in [5.74, 6) is -0.0872. The second-order valence-corrected chi connectivity index (χ2v) is 7.84. The highest BCUT2D eigenvalue weighted by Gasteiger charge is 2.24. The van der Waals surface area contributed by atoms with Crippen molar-refractivity contribution in [2.45, 2.75) is 17.3 Å². The van der Waals surface area contributed by atoms with E-state index in [1.54, 1.807) is 23.0 Å². The van der Waals surface area contributed by atoms with Crippen molar-refractivity contribution >= 4 is 51.0 Å². The number of H-pyrrole nitrogens is 1. The molecular formula is C17H14N6O5S2. The molecule has 13 heteroatoms. The number of thiophene rings is 1. The monoisotopic (exact) mass is 446 g/mol. The molecule has 0 saturated heterocycles. The fourth-order valence-electron chi connectivity index (χ4n) is 2.73. The van der Waals surface area contributed by atoms with Crippen molar-refractivity contribution in [2.24, 2.45) is 0 Å². The lowest BCUT2D eigenvalue weighted by molar-refractivity contribution is -0.139. The van der Waals surface area contributed by atoms with Crippen LogP contribution in [0.15, 0.2) is 28.4 Å². The lowest BCUT2D eigenvalue weighted by Crippen LogP contribution is -2.15. The van der Waals surface area contributed by atoms with Crippen molar-refractivity contribution in [3.8, 4) is 0 Å². The highest BCUT2D eigenvalue weighted by Crippen LogP contribution is 2.30. The Morgan fingerprint density at radius 1 is 1.27 bits per heavy atom. The summed E-state index contributed by atoms with van der Waals surface area (Å²) in [4.78, 5) is 52.6. The Morgan fingerprint density at radius 3 is 2.83 bits per heavy atom. The van der Waals surface area contributed by atoms with E-state index in [2.05, 4.69) is 29.8 Å². The molecule has 0 unspecified atom stereocenters. The van der Waals surface area contributed by atoms with Gasteiger partial charge >= 0.3 is 11.9 Å². The van der Waals surface area contributed by atoms with Gasteiger partial charge in [0.25, 0.3) is 11.3 Å². The number of hydrogen-bond acceptors (Lipinski definition) is 11. The fourth-order valence-corrected chi connectivity index (χ4v) is 4.55. The van der Waals surface area contributed by atoms with Crippen LogP contribution in [0, 0.1) is 0 Å². The van der Waals surface area contributed by atoms with Crippen molar-refractivity contribution in [3.63, 3.8) is 0 Å².